The average Bonchev–Trinajstić information content (AvgIpc) is 2.75. The van der Waals surface area contributed by atoms with Crippen molar-refractivity contribution in [2.75, 3.05) is 5.32 Å². The van der Waals surface area contributed by atoms with Crippen molar-refractivity contribution in [2.24, 2.45) is 4.99 Å². The second kappa shape index (κ2) is 5.45. The first kappa shape index (κ1) is 14.0. The Hall–Kier alpha value is -1.94. The number of rotatable bonds is 2. The highest BCUT2D eigenvalue weighted by molar-refractivity contribution is 9.10. The standard InChI is InChI=1S/C17H15BrN2O/c1-3-11-8-12(18)9-14-15(11)20-17(21)16(14)19-13-6-4-5-10(2)7-13/h4-9H,3H2,1-2H3,(H,19,20,21). The molecule has 106 valence electrons. The highest BCUT2D eigenvalue weighted by Crippen LogP contribution is 2.32. The molecule has 1 heterocycles. The van der Waals surface area contributed by atoms with E-state index < -0.39 is 0 Å². The molecule has 0 spiro atoms. The lowest BCUT2D eigenvalue weighted by Gasteiger charge is -2.06. The van der Waals surface area contributed by atoms with Crippen LogP contribution in [-0.2, 0) is 11.2 Å². The molecule has 21 heavy (non-hydrogen) atoms. The fourth-order valence-corrected chi connectivity index (χ4v) is 3.01. The Balaban J connectivity index is 2.15. The minimum atomic E-state index is -0.140. The van der Waals surface area contributed by atoms with Crippen molar-refractivity contribution < 1.29 is 4.79 Å². The molecular formula is C17H15BrN2O. The number of hydrogen-bond acceptors (Lipinski definition) is 2. The first-order valence-electron chi connectivity index (χ1n) is 6.88. The maximum Gasteiger partial charge on any atom is 0.275 e. The Kier molecular flexibility index (Phi) is 3.64. The van der Waals surface area contributed by atoms with E-state index in [1.807, 2.05) is 43.3 Å². The number of hydrogen-bond donors (Lipinski definition) is 1. The number of nitrogens with one attached hydrogen (secondary N) is 1. The van der Waals surface area contributed by atoms with E-state index in [9.17, 15) is 4.79 Å². The van der Waals surface area contributed by atoms with Crippen LogP contribution in [0.1, 0.15) is 23.6 Å². The van der Waals surface area contributed by atoms with Crippen LogP contribution in [0.5, 0.6) is 0 Å². The molecule has 1 aliphatic rings. The third-order valence-electron chi connectivity index (χ3n) is 3.52. The first-order chi connectivity index (χ1) is 10.1. The van der Waals surface area contributed by atoms with Crippen LogP contribution in [-0.4, -0.2) is 11.6 Å². The Morgan fingerprint density at radius 2 is 2.05 bits per heavy atom. The molecule has 2 aromatic carbocycles. The maximum atomic E-state index is 12.2. The summed E-state index contributed by atoms with van der Waals surface area (Å²) in [6.07, 6.45) is 0.861. The number of aliphatic imine (C=N–C) groups is 1. The fraction of sp³-hybridized carbons (Fsp3) is 0.176. The minimum Gasteiger partial charge on any atom is -0.320 e. The Morgan fingerprint density at radius 1 is 1.24 bits per heavy atom. The van der Waals surface area contributed by atoms with Gasteiger partial charge in [-0.05, 0) is 48.7 Å². The number of fused-ring (bicyclic) bond motifs is 1. The van der Waals surface area contributed by atoms with Gasteiger partial charge in [0.05, 0.1) is 11.4 Å². The summed E-state index contributed by atoms with van der Waals surface area (Å²) < 4.78 is 0.964. The predicted molar refractivity (Wildman–Crippen MR) is 89.5 cm³/mol. The quantitative estimate of drug-likeness (QED) is 0.863. The molecule has 0 saturated carbocycles. The van der Waals surface area contributed by atoms with Gasteiger partial charge in [-0.25, -0.2) is 4.99 Å². The average molecular weight is 343 g/mol. The summed E-state index contributed by atoms with van der Waals surface area (Å²) >= 11 is 3.51. The summed E-state index contributed by atoms with van der Waals surface area (Å²) in [4.78, 5) is 16.8. The van der Waals surface area contributed by atoms with Crippen LogP contribution in [0.25, 0.3) is 0 Å². The summed E-state index contributed by atoms with van der Waals surface area (Å²) in [5.74, 6) is -0.140. The van der Waals surface area contributed by atoms with Crippen molar-refractivity contribution >= 4 is 38.9 Å². The lowest BCUT2D eigenvalue weighted by molar-refractivity contribution is -0.110. The predicted octanol–water partition coefficient (Wildman–Crippen LogP) is 4.39. The van der Waals surface area contributed by atoms with E-state index in [-0.39, 0.29) is 5.91 Å². The lowest BCUT2D eigenvalue weighted by atomic mass is 10.0. The number of halogens is 1. The molecule has 1 aliphatic heterocycles. The highest BCUT2D eigenvalue weighted by Gasteiger charge is 2.28. The van der Waals surface area contributed by atoms with E-state index >= 15 is 0 Å². The summed E-state index contributed by atoms with van der Waals surface area (Å²) in [5, 5.41) is 2.94. The van der Waals surface area contributed by atoms with Gasteiger partial charge in [-0.15, -0.1) is 0 Å². The molecule has 4 heteroatoms. The zero-order chi connectivity index (χ0) is 15.0. The highest BCUT2D eigenvalue weighted by atomic mass is 79.9. The van der Waals surface area contributed by atoms with Gasteiger partial charge in [0, 0.05) is 10.0 Å². The van der Waals surface area contributed by atoms with Gasteiger partial charge in [0.1, 0.15) is 5.71 Å². The summed E-state index contributed by atoms with van der Waals surface area (Å²) in [7, 11) is 0. The van der Waals surface area contributed by atoms with Crippen molar-refractivity contribution in [1.82, 2.24) is 0 Å². The van der Waals surface area contributed by atoms with Crippen molar-refractivity contribution in [3.63, 3.8) is 0 Å². The van der Waals surface area contributed by atoms with Gasteiger partial charge in [-0.3, -0.25) is 4.79 Å². The normalized spacial score (nSPS) is 15.2. The smallest absolute Gasteiger partial charge is 0.275 e. The number of aryl methyl sites for hydroxylation is 2. The number of anilines is 1. The fourth-order valence-electron chi connectivity index (χ4n) is 2.51. The van der Waals surface area contributed by atoms with Gasteiger partial charge in [0.15, 0.2) is 0 Å². The number of nitrogens with zero attached hydrogens (tertiary/aromatic N) is 1. The third kappa shape index (κ3) is 2.63. The number of benzene rings is 2. The van der Waals surface area contributed by atoms with Gasteiger partial charge in [-0.2, -0.15) is 0 Å². The van der Waals surface area contributed by atoms with Crippen molar-refractivity contribution in [1.29, 1.82) is 0 Å². The summed E-state index contributed by atoms with van der Waals surface area (Å²) in [5.41, 5.74) is 5.27. The van der Waals surface area contributed by atoms with Gasteiger partial charge in [-0.1, -0.05) is 35.0 Å². The zero-order valence-electron chi connectivity index (χ0n) is 11.9. The van der Waals surface area contributed by atoms with Gasteiger partial charge in [0.2, 0.25) is 0 Å². The zero-order valence-corrected chi connectivity index (χ0v) is 13.5. The van der Waals surface area contributed by atoms with E-state index in [2.05, 4.69) is 33.2 Å². The maximum absolute atomic E-state index is 12.2. The van der Waals surface area contributed by atoms with E-state index in [0.29, 0.717) is 5.71 Å². The Morgan fingerprint density at radius 3 is 2.76 bits per heavy atom. The molecule has 0 bridgehead atoms. The Bertz CT molecular complexity index is 765. The third-order valence-corrected chi connectivity index (χ3v) is 3.97. The van der Waals surface area contributed by atoms with E-state index in [4.69, 9.17) is 0 Å². The number of carbonyl (C=O) groups is 1. The molecule has 3 nitrogen and oxygen atoms in total. The van der Waals surface area contributed by atoms with Crippen LogP contribution in [0.4, 0.5) is 11.4 Å². The van der Waals surface area contributed by atoms with Crippen LogP contribution in [0.3, 0.4) is 0 Å². The second-order valence-corrected chi connectivity index (χ2v) is 6.01. The van der Waals surface area contributed by atoms with Crippen LogP contribution < -0.4 is 5.32 Å². The summed E-state index contributed by atoms with van der Waals surface area (Å²) in [6.45, 7) is 4.09. The molecule has 3 rings (SSSR count). The molecule has 0 unspecified atom stereocenters. The van der Waals surface area contributed by atoms with Gasteiger partial charge < -0.3 is 5.32 Å². The van der Waals surface area contributed by atoms with Gasteiger partial charge in [0.25, 0.3) is 5.91 Å². The first-order valence-corrected chi connectivity index (χ1v) is 7.67. The van der Waals surface area contributed by atoms with E-state index in [1.165, 1.54) is 0 Å². The topological polar surface area (TPSA) is 41.5 Å². The van der Waals surface area contributed by atoms with Crippen molar-refractivity contribution in [3.8, 4) is 0 Å². The molecule has 0 atom stereocenters. The molecule has 0 radical (unpaired) electrons. The van der Waals surface area contributed by atoms with Crippen molar-refractivity contribution in [3.05, 3.63) is 57.6 Å². The van der Waals surface area contributed by atoms with Crippen molar-refractivity contribution in [2.45, 2.75) is 20.3 Å². The van der Waals surface area contributed by atoms with E-state index in [1.54, 1.807) is 0 Å². The van der Waals surface area contributed by atoms with Gasteiger partial charge >= 0.3 is 0 Å². The molecule has 0 aromatic heterocycles. The monoisotopic (exact) mass is 342 g/mol. The SMILES string of the molecule is CCc1cc(Br)cc2c1NC(=O)C2=Nc1cccc(C)c1. The number of carbonyl (C=O) groups excluding carboxylic acids is 1. The molecular weight excluding hydrogens is 328 g/mol. The molecule has 0 aliphatic carbocycles. The molecule has 1 amide bonds. The van der Waals surface area contributed by atoms with Crippen LogP contribution in [0, 0.1) is 6.92 Å². The van der Waals surface area contributed by atoms with Crippen LogP contribution >= 0.6 is 15.9 Å². The number of amides is 1. The summed E-state index contributed by atoms with van der Waals surface area (Å²) in [6, 6.07) is 11.8. The lowest BCUT2D eigenvalue weighted by Crippen LogP contribution is -2.14. The van der Waals surface area contributed by atoms with Crippen LogP contribution in [0.15, 0.2) is 45.9 Å². The molecule has 2 aromatic rings. The second-order valence-electron chi connectivity index (χ2n) is 5.09. The molecule has 0 saturated heterocycles. The largest absolute Gasteiger partial charge is 0.320 e. The van der Waals surface area contributed by atoms with Crippen LogP contribution in [0.2, 0.25) is 0 Å². The Labute approximate surface area is 132 Å². The molecule has 0 fully saturated rings. The van der Waals surface area contributed by atoms with E-state index in [0.717, 1.165) is 39.0 Å². The molecule has 1 N–H and O–H groups in total. The minimum absolute atomic E-state index is 0.140.